The van der Waals surface area contributed by atoms with Crippen molar-refractivity contribution in [3.63, 3.8) is 0 Å². The fourth-order valence-electron chi connectivity index (χ4n) is 5.59. The van der Waals surface area contributed by atoms with Crippen LogP contribution in [0, 0.1) is 31.1 Å². The summed E-state index contributed by atoms with van der Waals surface area (Å²) in [5.74, 6) is -1.78. The van der Waals surface area contributed by atoms with Gasteiger partial charge in [-0.3, -0.25) is 14.4 Å². The van der Waals surface area contributed by atoms with Gasteiger partial charge in [0, 0.05) is 11.6 Å². The molecule has 0 N–H and O–H groups in total. The molecule has 4 atom stereocenters. The van der Waals surface area contributed by atoms with Gasteiger partial charge in [0.05, 0.1) is 23.6 Å². The molecule has 5 rings (SSSR count). The predicted molar refractivity (Wildman–Crippen MR) is 124 cm³/mol. The summed E-state index contributed by atoms with van der Waals surface area (Å²) in [6.45, 7) is 9.54. The van der Waals surface area contributed by atoms with Crippen LogP contribution in [0.5, 0.6) is 0 Å². The Kier molecular flexibility index (Phi) is 4.45. The number of benzene rings is 2. The van der Waals surface area contributed by atoms with Gasteiger partial charge >= 0.3 is 0 Å². The van der Waals surface area contributed by atoms with E-state index >= 15 is 0 Å². The van der Waals surface area contributed by atoms with Gasteiger partial charge in [0.1, 0.15) is 6.04 Å². The van der Waals surface area contributed by atoms with Gasteiger partial charge in [0.25, 0.3) is 0 Å². The van der Waals surface area contributed by atoms with Crippen LogP contribution in [0.25, 0.3) is 6.08 Å². The van der Waals surface area contributed by atoms with Crippen molar-refractivity contribution in [3.8, 4) is 0 Å². The Morgan fingerprint density at radius 2 is 1.62 bits per heavy atom. The van der Waals surface area contributed by atoms with Crippen molar-refractivity contribution in [2.45, 2.75) is 46.7 Å². The smallest absolute Gasteiger partial charge is 0.240 e. The van der Waals surface area contributed by atoms with Crippen LogP contribution >= 0.6 is 0 Å². The SMILES string of the molecule is Cc1ccc(N2C(=O)C3C(C2=O)C2c4ccccc4C=CN2C3C(=O)C(C)(C)C)c(C)c1. The third kappa shape index (κ3) is 2.80. The number of amides is 2. The number of rotatable bonds is 2. The molecule has 0 bridgehead atoms. The summed E-state index contributed by atoms with van der Waals surface area (Å²) in [5, 5.41) is 0. The first-order chi connectivity index (χ1) is 15.1. The average Bonchev–Trinajstić information content (AvgIpc) is 3.20. The van der Waals surface area contributed by atoms with E-state index in [2.05, 4.69) is 0 Å². The van der Waals surface area contributed by atoms with E-state index < -0.39 is 23.3 Å². The number of carbonyl (C=O) groups excluding carboxylic acids is 3. The van der Waals surface area contributed by atoms with Crippen molar-refractivity contribution >= 4 is 29.4 Å². The maximum atomic E-state index is 13.9. The molecule has 3 aliphatic heterocycles. The number of fused-ring (bicyclic) bond motifs is 5. The summed E-state index contributed by atoms with van der Waals surface area (Å²) < 4.78 is 0. The summed E-state index contributed by atoms with van der Waals surface area (Å²) >= 11 is 0. The average molecular weight is 429 g/mol. The summed E-state index contributed by atoms with van der Waals surface area (Å²) in [5.41, 5.74) is 3.97. The molecule has 0 aliphatic carbocycles. The van der Waals surface area contributed by atoms with Crippen molar-refractivity contribution in [2.75, 3.05) is 4.90 Å². The van der Waals surface area contributed by atoms with E-state index in [1.807, 2.05) is 94.3 Å². The van der Waals surface area contributed by atoms with E-state index in [0.29, 0.717) is 5.69 Å². The normalized spacial score (nSPS) is 26.3. The first-order valence-corrected chi connectivity index (χ1v) is 11.1. The zero-order chi connectivity index (χ0) is 22.9. The number of hydrogen-bond acceptors (Lipinski definition) is 4. The maximum Gasteiger partial charge on any atom is 0.240 e. The highest BCUT2D eigenvalue weighted by molar-refractivity contribution is 6.24. The molecule has 3 heterocycles. The minimum atomic E-state index is -0.698. The Morgan fingerprint density at radius 3 is 2.31 bits per heavy atom. The van der Waals surface area contributed by atoms with Gasteiger partial charge in [-0.05, 0) is 42.7 Å². The number of ketones is 1. The van der Waals surface area contributed by atoms with Gasteiger partial charge in [-0.25, -0.2) is 4.90 Å². The predicted octanol–water partition coefficient (Wildman–Crippen LogP) is 4.43. The molecule has 2 aromatic carbocycles. The van der Waals surface area contributed by atoms with E-state index in [9.17, 15) is 14.4 Å². The van der Waals surface area contributed by atoms with Crippen LogP contribution < -0.4 is 4.90 Å². The summed E-state index contributed by atoms with van der Waals surface area (Å²) in [7, 11) is 0. The van der Waals surface area contributed by atoms with E-state index in [0.717, 1.165) is 22.3 Å². The molecule has 2 saturated heterocycles. The van der Waals surface area contributed by atoms with Gasteiger partial charge in [0.15, 0.2) is 5.78 Å². The van der Waals surface area contributed by atoms with Crippen LogP contribution in [0.4, 0.5) is 5.69 Å². The lowest BCUT2D eigenvalue weighted by Crippen LogP contribution is -2.47. The molecule has 2 amide bonds. The Bertz CT molecular complexity index is 1190. The number of anilines is 1. The lowest BCUT2D eigenvalue weighted by Gasteiger charge is -2.37. The number of hydrogen-bond donors (Lipinski definition) is 0. The van der Waals surface area contributed by atoms with Gasteiger partial charge in [0.2, 0.25) is 11.8 Å². The van der Waals surface area contributed by atoms with Crippen LogP contribution in [0.2, 0.25) is 0 Å². The Labute approximate surface area is 188 Å². The van der Waals surface area contributed by atoms with Gasteiger partial charge < -0.3 is 4.90 Å². The molecule has 5 heteroatoms. The molecule has 0 saturated carbocycles. The van der Waals surface area contributed by atoms with Crippen LogP contribution in [0.1, 0.15) is 49.1 Å². The number of aryl methyl sites for hydroxylation is 2. The van der Waals surface area contributed by atoms with E-state index in [-0.39, 0.29) is 23.6 Å². The Balaban J connectivity index is 1.68. The third-order valence-electron chi connectivity index (χ3n) is 7.06. The molecular weight excluding hydrogens is 400 g/mol. The standard InChI is InChI=1S/C27H28N2O3/c1-15-10-11-19(16(2)14-15)29-25(31)20-21(26(29)32)23(24(30)27(3,4)5)28-13-12-17-8-6-7-9-18(17)22(20)28/h6-14,20-23H,1-5H3. The van der Waals surface area contributed by atoms with E-state index in [1.54, 1.807) is 0 Å². The first-order valence-electron chi connectivity index (χ1n) is 11.1. The van der Waals surface area contributed by atoms with E-state index in [1.165, 1.54) is 4.90 Å². The van der Waals surface area contributed by atoms with E-state index in [4.69, 9.17) is 0 Å². The molecule has 164 valence electrons. The number of nitrogens with zero attached hydrogens (tertiary/aromatic N) is 2. The fraction of sp³-hybridized carbons (Fsp3) is 0.370. The molecule has 4 unspecified atom stereocenters. The van der Waals surface area contributed by atoms with Gasteiger partial charge in [-0.1, -0.05) is 62.7 Å². The van der Waals surface area contributed by atoms with Crippen LogP contribution in [0.3, 0.4) is 0 Å². The fourth-order valence-corrected chi connectivity index (χ4v) is 5.59. The van der Waals surface area contributed by atoms with Gasteiger partial charge in [-0.15, -0.1) is 0 Å². The minimum Gasteiger partial charge on any atom is -0.359 e. The zero-order valence-electron chi connectivity index (χ0n) is 19.1. The van der Waals surface area contributed by atoms with Crippen LogP contribution in [-0.4, -0.2) is 28.5 Å². The van der Waals surface area contributed by atoms with Crippen molar-refractivity contribution in [1.29, 1.82) is 0 Å². The topological polar surface area (TPSA) is 57.7 Å². The monoisotopic (exact) mass is 428 g/mol. The highest BCUT2D eigenvalue weighted by Crippen LogP contribution is 2.54. The highest BCUT2D eigenvalue weighted by Gasteiger charge is 2.65. The summed E-state index contributed by atoms with van der Waals surface area (Å²) in [6.07, 6.45) is 3.88. The zero-order valence-corrected chi connectivity index (χ0v) is 19.1. The third-order valence-corrected chi connectivity index (χ3v) is 7.06. The number of Topliss-reactive ketones (excluding diaryl/α,β-unsaturated/α-hetero) is 1. The van der Waals surface area contributed by atoms with Crippen LogP contribution in [0.15, 0.2) is 48.7 Å². The van der Waals surface area contributed by atoms with Crippen molar-refractivity contribution in [1.82, 2.24) is 4.90 Å². The molecular formula is C27H28N2O3. The quantitative estimate of drug-likeness (QED) is 0.664. The largest absolute Gasteiger partial charge is 0.359 e. The first kappa shape index (κ1) is 20.7. The molecule has 0 aromatic heterocycles. The lowest BCUT2D eigenvalue weighted by atomic mass is 9.79. The van der Waals surface area contributed by atoms with Crippen LogP contribution in [-0.2, 0) is 14.4 Å². The molecule has 3 aliphatic rings. The Morgan fingerprint density at radius 1 is 0.938 bits per heavy atom. The van der Waals surface area contributed by atoms with Gasteiger partial charge in [-0.2, -0.15) is 0 Å². The number of carbonyl (C=O) groups is 3. The molecule has 0 radical (unpaired) electrons. The van der Waals surface area contributed by atoms with Crippen molar-refractivity contribution < 1.29 is 14.4 Å². The second-order valence-corrected chi connectivity index (χ2v) is 10.2. The molecule has 2 fully saturated rings. The Hall–Kier alpha value is -3.21. The molecule has 2 aromatic rings. The minimum absolute atomic E-state index is 0.0114. The maximum absolute atomic E-state index is 13.9. The molecule has 0 spiro atoms. The number of imide groups is 1. The van der Waals surface area contributed by atoms with Crippen molar-refractivity contribution in [2.24, 2.45) is 17.3 Å². The molecule has 32 heavy (non-hydrogen) atoms. The summed E-state index contributed by atoms with van der Waals surface area (Å²) in [6, 6.07) is 12.7. The summed E-state index contributed by atoms with van der Waals surface area (Å²) in [4.78, 5) is 44.6. The second-order valence-electron chi connectivity index (χ2n) is 10.2. The van der Waals surface area contributed by atoms with Crippen molar-refractivity contribution in [3.05, 3.63) is 70.9 Å². The lowest BCUT2D eigenvalue weighted by molar-refractivity contribution is -0.135. The second kappa shape index (κ2) is 6.89. The highest BCUT2D eigenvalue weighted by atomic mass is 16.2. The molecule has 5 nitrogen and oxygen atoms in total.